The molecule has 4 rings (SSSR count). The third-order valence-electron chi connectivity index (χ3n) is 7.67. The number of benzene rings is 2. The molecule has 0 aliphatic carbocycles. The molecule has 2 aliphatic rings. The molecule has 2 saturated heterocycles. The number of halogens is 1. The number of carboxylic acids is 3. The first kappa shape index (κ1) is 32.8. The summed E-state index contributed by atoms with van der Waals surface area (Å²) in [5.74, 6) is -3.69. The number of methoxy groups -OCH3 is 1. The molecule has 12 heteroatoms. The number of aliphatic carboxylic acids is 3. The molecule has 11 nitrogen and oxygen atoms in total. The van der Waals surface area contributed by atoms with E-state index < -0.39 is 42.0 Å². The van der Waals surface area contributed by atoms with E-state index in [9.17, 15) is 23.9 Å². The van der Waals surface area contributed by atoms with Crippen molar-refractivity contribution in [1.29, 1.82) is 0 Å². The van der Waals surface area contributed by atoms with E-state index in [0.29, 0.717) is 31.5 Å². The van der Waals surface area contributed by atoms with Gasteiger partial charge in [0.1, 0.15) is 5.82 Å². The van der Waals surface area contributed by atoms with Crippen LogP contribution in [0.2, 0.25) is 0 Å². The number of para-hydroxylation sites is 1. The second-order valence-corrected chi connectivity index (χ2v) is 10.8. The molecule has 0 radical (unpaired) electrons. The molecule has 2 atom stereocenters. The molecule has 2 aliphatic heterocycles. The van der Waals surface area contributed by atoms with Gasteiger partial charge in [-0.1, -0.05) is 31.2 Å². The molecular weight excluding hydrogens is 553 g/mol. The van der Waals surface area contributed by atoms with Crippen molar-refractivity contribution < 1.29 is 53.8 Å². The number of carbonyl (C=O) groups is 3. The molecule has 2 aromatic carbocycles. The van der Waals surface area contributed by atoms with E-state index in [1.54, 1.807) is 19.2 Å². The number of fused-ring (bicyclic) bond motifs is 2. The summed E-state index contributed by atoms with van der Waals surface area (Å²) in [6.45, 7) is 3.53. The summed E-state index contributed by atoms with van der Waals surface area (Å²) in [5, 5.41) is 45.2. The molecule has 2 bridgehead atoms. The van der Waals surface area contributed by atoms with Crippen molar-refractivity contribution in [2.24, 2.45) is 0 Å². The number of piperidine rings is 1. The minimum Gasteiger partial charge on any atom is -0.493 e. The zero-order valence-electron chi connectivity index (χ0n) is 23.7. The standard InChI is InChI=1S/C24H30FNO3.C6H8O7/c1-3-13-29-23-17(5-4-6-22(23)28-2)16-26-20-11-12-21(26)15-24(27,14-20)18-7-9-19(25)10-8-18;7-3(8)1-6(13,5(11)12)2-4(9)10/h4-10,20-21,27H,3,11-16H2,1-2H3;13H,1-2H2,(H,7,8)(H,9,10)(H,11,12). The second-order valence-electron chi connectivity index (χ2n) is 10.8. The Bertz CT molecular complexity index is 1220. The Labute approximate surface area is 243 Å². The Balaban J connectivity index is 0.000000316. The third kappa shape index (κ3) is 7.96. The molecule has 2 heterocycles. The van der Waals surface area contributed by atoms with Gasteiger partial charge in [0.05, 0.1) is 32.2 Å². The quantitative estimate of drug-likeness (QED) is 0.245. The van der Waals surface area contributed by atoms with Crippen LogP contribution in [0, 0.1) is 5.82 Å². The first-order chi connectivity index (χ1) is 19.8. The Morgan fingerprint density at radius 1 is 1.00 bits per heavy atom. The van der Waals surface area contributed by atoms with Gasteiger partial charge in [-0.25, -0.2) is 9.18 Å². The number of hydrogen-bond donors (Lipinski definition) is 5. The molecule has 42 heavy (non-hydrogen) atoms. The summed E-state index contributed by atoms with van der Waals surface area (Å²) < 4.78 is 24.9. The highest BCUT2D eigenvalue weighted by atomic mass is 19.1. The first-order valence-corrected chi connectivity index (χ1v) is 13.7. The molecular formula is C30H38FNO10. The highest BCUT2D eigenvalue weighted by Gasteiger charge is 2.48. The van der Waals surface area contributed by atoms with Crippen LogP contribution in [-0.2, 0) is 26.5 Å². The molecule has 2 fully saturated rings. The summed E-state index contributed by atoms with van der Waals surface area (Å²) in [5.41, 5.74) is -1.67. The maximum atomic E-state index is 13.3. The van der Waals surface area contributed by atoms with E-state index >= 15 is 0 Å². The lowest BCUT2D eigenvalue weighted by atomic mass is 9.80. The van der Waals surface area contributed by atoms with Crippen molar-refractivity contribution in [3.63, 3.8) is 0 Å². The lowest BCUT2D eigenvalue weighted by Crippen LogP contribution is -2.49. The van der Waals surface area contributed by atoms with Crippen LogP contribution < -0.4 is 9.47 Å². The van der Waals surface area contributed by atoms with E-state index in [4.69, 9.17) is 29.9 Å². The molecule has 0 saturated carbocycles. The summed E-state index contributed by atoms with van der Waals surface area (Å²) in [6, 6.07) is 13.0. The van der Waals surface area contributed by atoms with Crippen molar-refractivity contribution in [1.82, 2.24) is 4.90 Å². The fraction of sp³-hybridized carbons (Fsp3) is 0.500. The topological polar surface area (TPSA) is 174 Å². The van der Waals surface area contributed by atoms with E-state index in [2.05, 4.69) is 17.9 Å². The van der Waals surface area contributed by atoms with Crippen LogP contribution in [0.1, 0.15) is 63.0 Å². The Hall–Kier alpha value is -3.74. The van der Waals surface area contributed by atoms with Crippen LogP contribution in [0.3, 0.4) is 0 Å². The van der Waals surface area contributed by atoms with E-state index in [1.165, 1.54) is 12.1 Å². The van der Waals surface area contributed by atoms with Gasteiger partial charge < -0.3 is 35.0 Å². The zero-order chi connectivity index (χ0) is 31.1. The van der Waals surface area contributed by atoms with Gasteiger partial charge in [-0.05, 0) is 55.9 Å². The number of rotatable bonds is 12. The molecule has 0 amide bonds. The average Bonchev–Trinajstić information content (AvgIpc) is 3.16. The van der Waals surface area contributed by atoms with Gasteiger partial charge in [0, 0.05) is 24.2 Å². The van der Waals surface area contributed by atoms with Crippen molar-refractivity contribution >= 4 is 17.9 Å². The summed E-state index contributed by atoms with van der Waals surface area (Å²) in [7, 11) is 1.67. The predicted octanol–water partition coefficient (Wildman–Crippen LogP) is 3.39. The van der Waals surface area contributed by atoms with Gasteiger partial charge in [0.15, 0.2) is 17.1 Å². The third-order valence-corrected chi connectivity index (χ3v) is 7.67. The van der Waals surface area contributed by atoms with Crippen LogP contribution in [0.15, 0.2) is 42.5 Å². The minimum atomic E-state index is -2.74. The number of ether oxygens (including phenoxy) is 2. The number of carboxylic acid groups (broad SMARTS) is 3. The summed E-state index contributed by atoms with van der Waals surface area (Å²) >= 11 is 0. The Morgan fingerprint density at radius 3 is 2.05 bits per heavy atom. The minimum absolute atomic E-state index is 0.268. The van der Waals surface area contributed by atoms with E-state index in [1.807, 2.05) is 12.1 Å². The monoisotopic (exact) mass is 591 g/mol. The molecule has 0 aromatic heterocycles. The van der Waals surface area contributed by atoms with Crippen LogP contribution >= 0.6 is 0 Å². The van der Waals surface area contributed by atoms with Crippen LogP contribution in [0.4, 0.5) is 4.39 Å². The number of hydrogen-bond acceptors (Lipinski definition) is 8. The van der Waals surface area contributed by atoms with Crippen LogP contribution in [0.25, 0.3) is 0 Å². The highest BCUT2D eigenvalue weighted by Crippen LogP contribution is 2.47. The van der Waals surface area contributed by atoms with Gasteiger partial charge >= 0.3 is 17.9 Å². The van der Waals surface area contributed by atoms with Crippen molar-refractivity contribution in [3.8, 4) is 11.5 Å². The van der Waals surface area contributed by atoms with E-state index in [-0.39, 0.29) is 5.82 Å². The molecule has 230 valence electrons. The van der Waals surface area contributed by atoms with Crippen molar-refractivity contribution in [3.05, 3.63) is 59.4 Å². The van der Waals surface area contributed by atoms with Gasteiger partial charge in [0.25, 0.3) is 0 Å². The SMILES string of the molecule is CCCOc1c(CN2C3CCC2CC(O)(c2ccc(F)cc2)C3)cccc1OC.O=C(O)CC(O)(CC(=O)O)C(=O)O. The van der Waals surface area contributed by atoms with Crippen molar-refractivity contribution in [2.75, 3.05) is 13.7 Å². The van der Waals surface area contributed by atoms with E-state index in [0.717, 1.165) is 48.4 Å². The van der Waals surface area contributed by atoms with Crippen LogP contribution in [0.5, 0.6) is 11.5 Å². The summed E-state index contributed by atoms with van der Waals surface area (Å²) in [6.07, 6.45) is 2.14. The lowest BCUT2D eigenvalue weighted by molar-refractivity contribution is -0.170. The fourth-order valence-electron chi connectivity index (χ4n) is 5.70. The van der Waals surface area contributed by atoms with Crippen molar-refractivity contribution in [2.45, 2.75) is 81.7 Å². The number of nitrogens with zero attached hydrogens (tertiary/aromatic N) is 1. The normalized spacial score (nSPS) is 21.6. The predicted molar refractivity (Wildman–Crippen MR) is 148 cm³/mol. The number of aliphatic hydroxyl groups is 2. The maximum Gasteiger partial charge on any atom is 0.336 e. The molecule has 5 N–H and O–H groups in total. The Kier molecular flexibility index (Phi) is 10.9. The average molecular weight is 592 g/mol. The van der Waals surface area contributed by atoms with Gasteiger partial charge in [-0.15, -0.1) is 0 Å². The zero-order valence-corrected chi connectivity index (χ0v) is 23.7. The molecule has 0 spiro atoms. The second kappa shape index (κ2) is 14.0. The molecule has 2 unspecified atom stereocenters. The Morgan fingerprint density at radius 2 is 1.57 bits per heavy atom. The first-order valence-electron chi connectivity index (χ1n) is 13.7. The fourth-order valence-corrected chi connectivity index (χ4v) is 5.70. The molecule has 2 aromatic rings. The van der Waals surface area contributed by atoms with Crippen LogP contribution in [-0.4, -0.2) is 79.7 Å². The highest BCUT2D eigenvalue weighted by molar-refractivity contribution is 5.88. The smallest absolute Gasteiger partial charge is 0.336 e. The maximum absolute atomic E-state index is 13.3. The summed E-state index contributed by atoms with van der Waals surface area (Å²) in [4.78, 5) is 33.0. The largest absolute Gasteiger partial charge is 0.493 e. The van der Waals surface area contributed by atoms with Gasteiger partial charge in [-0.3, -0.25) is 14.5 Å². The lowest BCUT2D eigenvalue weighted by Gasteiger charge is -2.44. The van der Waals surface area contributed by atoms with Gasteiger partial charge in [-0.2, -0.15) is 0 Å². The van der Waals surface area contributed by atoms with Gasteiger partial charge in [0.2, 0.25) is 0 Å².